The SMILES string of the molecule is CBc1cc(C)c2c(c1)CC(=O)N2C. The number of hydrogen-bond donors (Lipinski definition) is 0. The molecule has 14 heavy (non-hydrogen) atoms. The Hall–Kier alpha value is -1.25. The highest BCUT2D eigenvalue weighted by molar-refractivity contribution is 6.52. The molecule has 72 valence electrons. The fraction of sp³-hybridized carbons (Fsp3) is 0.364. The van der Waals surface area contributed by atoms with Gasteiger partial charge < -0.3 is 4.90 Å². The molecule has 0 fully saturated rings. The molecule has 1 aliphatic heterocycles. The summed E-state index contributed by atoms with van der Waals surface area (Å²) < 4.78 is 0. The van der Waals surface area contributed by atoms with Gasteiger partial charge >= 0.3 is 0 Å². The molecule has 0 N–H and O–H groups in total. The average molecular weight is 187 g/mol. The fourth-order valence-electron chi connectivity index (χ4n) is 2.16. The zero-order chi connectivity index (χ0) is 10.3. The predicted molar refractivity (Wildman–Crippen MR) is 60.9 cm³/mol. The van der Waals surface area contributed by atoms with Crippen molar-refractivity contribution < 1.29 is 4.79 Å². The van der Waals surface area contributed by atoms with Crippen LogP contribution in [0.15, 0.2) is 12.1 Å². The Morgan fingerprint density at radius 2 is 2.14 bits per heavy atom. The van der Waals surface area contributed by atoms with Crippen LogP contribution in [0.25, 0.3) is 0 Å². The molecule has 2 nitrogen and oxygen atoms in total. The largest absolute Gasteiger partial charge is 0.315 e. The van der Waals surface area contributed by atoms with Crippen molar-refractivity contribution in [2.75, 3.05) is 11.9 Å². The van der Waals surface area contributed by atoms with Crippen LogP contribution in [-0.4, -0.2) is 20.2 Å². The van der Waals surface area contributed by atoms with Crippen molar-refractivity contribution in [3.05, 3.63) is 23.3 Å². The van der Waals surface area contributed by atoms with E-state index < -0.39 is 0 Å². The molecule has 0 atom stereocenters. The molecular formula is C11H14BNO. The number of amides is 1. The van der Waals surface area contributed by atoms with Gasteiger partial charge in [-0.2, -0.15) is 0 Å². The molecule has 0 radical (unpaired) electrons. The molecular weight excluding hydrogens is 173 g/mol. The number of likely N-dealkylation sites (N-methyl/N-ethyl adjacent to an activating group) is 1. The topological polar surface area (TPSA) is 20.3 Å². The molecule has 0 bridgehead atoms. The maximum atomic E-state index is 11.5. The van der Waals surface area contributed by atoms with Gasteiger partial charge in [0.1, 0.15) is 0 Å². The average Bonchev–Trinajstić information content (AvgIpc) is 2.43. The predicted octanol–water partition coefficient (Wildman–Crippen LogP) is 0.624. The van der Waals surface area contributed by atoms with Crippen molar-refractivity contribution in [3.63, 3.8) is 0 Å². The number of anilines is 1. The van der Waals surface area contributed by atoms with Gasteiger partial charge in [-0.3, -0.25) is 4.79 Å². The molecule has 1 amide bonds. The first kappa shape index (κ1) is 9.32. The van der Waals surface area contributed by atoms with Crippen molar-refractivity contribution in [1.29, 1.82) is 0 Å². The van der Waals surface area contributed by atoms with E-state index in [0.717, 1.165) is 13.0 Å². The summed E-state index contributed by atoms with van der Waals surface area (Å²) in [5, 5.41) is 0. The lowest BCUT2D eigenvalue weighted by atomic mass is 9.72. The summed E-state index contributed by atoms with van der Waals surface area (Å²) in [5.41, 5.74) is 4.85. The molecule has 0 spiro atoms. The number of hydrogen-bond acceptors (Lipinski definition) is 1. The van der Waals surface area contributed by atoms with Gasteiger partial charge in [-0.1, -0.05) is 24.4 Å². The third-order valence-corrected chi connectivity index (χ3v) is 2.90. The van der Waals surface area contributed by atoms with E-state index in [-0.39, 0.29) is 5.91 Å². The van der Waals surface area contributed by atoms with E-state index >= 15 is 0 Å². The van der Waals surface area contributed by atoms with Gasteiger partial charge in [-0.15, -0.1) is 0 Å². The van der Waals surface area contributed by atoms with Crippen LogP contribution in [0.2, 0.25) is 6.82 Å². The third kappa shape index (κ3) is 1.24. The molecule has 1 aromatic carbocycles. The fourth-order valence-corrected chi connectivity index (χ4v) is 2.16. The monoisotopic (exact) mass is 187 g/mol. The molecule has 1 aromatic rings. The molecule has 3 heteroatoms. The normalized spacial score (nSPS) is 14.5. The Morgan fingerprint density at radius 3 is 2.79 bits per heavy atom. The van der Waals surface area contributed by atoms with Crippen molar-refractivity contribution in [3.8, 4) is 0 Å². The second-order valence-electron chi connectivity index (χ2n) is 3.90. The lowest BCUT2D eigenvalue weighted by molar-refractivity contribution is -0.117. The van der Waals surface area contributed by atoms with E-state index in [2.05, 4.69) is 25.9 Å². The van der Waals surface area contributed by atoms with E-state index in [0.29, 0.717) is 6.42 Å². The zero-order valence-corrected chi connectivity index (χ0v) is 8.92. The van der Waals surface area contributed by atoms with Crippen molar-refractivity contribution in [2.45, 2.75) is 20.2 Å². The van der Waals surface area contributed by atoms with Crippen LogP contribution in [0.3, 0.4) is 0 Å². The molecule has 1 heterocycles. The van der Waals surface area contributed by atoms with Gasteiger partial charge in [-0.25, -0.2) is 0 Å². The van der Waals surface area contributed by atoms with Crippen molar-refractivity contribution >= 4 is 24.3 Å². The quantitative estimate of drug-likeness (QED) is 0.590. The number of nitrogens with zero attached hydrogens (tertiary/aromatic N) is 1. The number of fused-ring (bicyclic) bond motifs is 1. The van der Waals surface area contributed by atoms with Gasteiger partial charge in [0.2, 0.25) is 5.91 Å². The number of rotatable bonds is 1. The Kier molecular flexibility index (Phi) is 2.10. The van der Waals surface area contributed by atoms with Crippen LogP contribution in [0, 0.1) is 6.92 Å². The van der Waals surface area contributed by atoms with E-state index in [4.69, 9.17) is 0 Å². The molecule has 0 aliphatic carbocycles. The summed E-state index contributed by atoms with van der Waals surface area (Å²) in [6.07, 6.45) is 0.570. The Bertz CT molecular complexity index is 401. The number of benzene rings is 1. The summed E-state index contributed by atoms with van der Waals surface area (Å²) in [7, 11) is 2.89. The standard InChI is InChI=1S/C11H14BNO/c1-7-4-9(12-2)5-8-6-10(14)13(3)11(7)8/h4-5,12H,6H2,1-3H3. The number of carbonyl (C=O) groups excluding carboxylic acids is 1. The first-order valence-electron chi connectivity index (χ1n) is 5.02. The molecule has 0 saturated carbocycles. The lowest BCUT2D eigenvalue weighted by Crippen LogP contribution is -2.21. The summed E-state index contributed by atoms with van der Waals surface area (Å²) in [6, 6.07) is 4.33. The highest BCUT2D eigenvalue weighted by Gasteiger charge is 2.25. The number of carbonyl (C=O) groups is 1. The van der Waals surface area contributed by atoms with Gasteiger partial charge in [0.25, 0.3) is 0 Å². The minimum absolute atomic E-state index is 0.205. The van der Waals surface area contributed by atoms with Gasteiger partial charge in [0.05, 0.1) is 6.42 Å². The van der Waals surface area contributed by atoms with Crippen LogP contribution >= 0.6 is 0 Å². The minimum atomic E-state index is 0.205. The second-order valence-corrected chi connectivity index (χ2v) is 3.90. The van der Waals surface area contributed by atoms with E-state index in [1.807, 2.05) is 7.05 Å². The smallest absolute Gasteiger partial charge is 0.231 e. The zero-order valence-electron chi connectivity index (χ0n) is 8.92. The number of aryl methyl sites for hydroxylation is 1. The third-order valence-electron chi connectivity index (χ3n) is 2.90. The van der Waals surface area contributed by atoms with Gasteiger partial charge in [0, 0.05) is 12.7 Å². The van der Waals surface area contributed by atoms with E-state index in [1.165, 1.54) is 16.6 Å². The first-order chi connectivity index (χ1) is 6.63. The first-order valence-corrected chi connectivity index (χ1v) is 5.02. The van der Waals surface area contributed by atoms with Crippen molar-refractivity contribution in [2.24, 2.45) is 0 Å². The molecule has 1 aliphatic rings. The summed E-state index contributed by atoms with van der Waals surface area (Å²) in [6.45, 7) is 4.22. The summed E-state index contributed by atoms with van der Waals surface area (Å²) in [4.78, 5) is 13.3. The summed E-state index contributed by atoms with van der Waals surface area (Å²) in [5.74, 6) is 0.205. The Morgan fingerprint density at radius 1 is 1.43 bits per heavy atom. The Balaban J connectivity index is 2.57. The van der Waals surface area contributed by atoms with Gasteiger partial charge in [0.15, 0.2) is 7.28 Å². The highest BCUT2D eigenvalue weighted by Crippen LogP contribution is 2.29. The molecule has 0 saturated heterocycles. The van der Waals surface area contributed by atoms with Crippen LogP contribution in [0.1, 0.15) is 11.1 Å². The van der Waals surface area contributed by atoms with Gasteiger partial charge in [-0.05, 0) is 18.1 Å². The van der Waals surface area contributed by atoms with Crippen LogP contribution < -0.4 is 10.4 Å². The van der Waals surface area contributed by atoms with Crippen molar-refractivity contribution in [1.82, 2.24) is 0 Å². The second kappa shape index (κ2) is 3.16. The molecule has 0 aromatic heterocycles. The van der Waals surface area contributed by atoms with Crippen LogP contribution in [0.5, 0.6) is 0 Å². The maximum Gasteiger partial charge on any atom is 0.231 e. The van der Waals surface area contributed by atoms with E-state index in [1.54, 1.807) is 4.90 Å². The maximum absolute atomic E-state index is 11.5. The molecule has 0 unspecified atom stereocenters. The lowest BCUT2D eigenvalue weighted by Gasteiger charge is -2.13. The summed E-state index contributed by atoms with van der Waals surface area (Å²) >= 11 is 0. The van der Waals surface area contributed by atoms with Crippen LogP contribution in [-0.2, 0) is 11.2 Å². The van der Waals surface area contributed by atoms with E-state index in [9.17, 15) is 4.79 Å². The Labute approximate surface area is 85.2 Å². The minimum Gasteiger partial charge on any atom is -0.315 e. The van der Waals surface area contributed by atoms with Crippen LogP contribution in [0.4, 0.5) is 5.69 Å². The molecule has 2 rings (SSSR count). The highest BCUT2D eigenvalue weighted by atomic mass is 16.2.